The van der Waals surface area contributed by atoms with Crippen LogP contribution in [0.4, 0.5) is 0 Å². The van der Waals surface area contributed by atoms with Gasteiger partial charge in [0.2, 0.25) is 5.54 Å². The van der Waals surface area contributed by atoms with E-state index in [2.05, 4.69) is 128 Å². The van der Waals surface area contributed by atoms with Crippen molar-refractivity contribution in [3.8, 4) is 0 Å². The Kier molecular flexibility index (Phi) is 9.48. The maximum absolute atomic E-state index is 7.46. The molecule has 6 aromatic carbocycles. The predicted molar refractivity (Wildman–Crippen MR) is 195 cm³/mol. The monoisotopic (exact) mass is 590 g/mol. The first-order valence-corrected chi connectivity index (χ1v) is 16.9. The van der Waals surface area contributed by atoms with Gasteiger partial charge in [0.15, 0.2) is 0 Å². The van der Waals surface area contributed by atoms with Crippen LogP contribution in [0, 0.1) is 6.57 Å². The molecule has 0 aromatic heterocycles. The number of nitrogens with zero attached hydrogens (tertiary/aromatic N) is 1. The Labute approximate surface area is 269 Å². The number of rotatable bonds is 13. The standard InChI is InChI=1S/C43H46N2/c1-43(2,45-3)28-18-8-6-4-5-7-9-27-39(44)42(40-35-23-14-10-19-31(35)29-32-20-11-15-24-36(32)40)41-37-25-16-12-21-33(37)30-34-22-13-17-26-38(34)41/h10-17,19-26,29-30,39,42H,4-9,18,27-28,44H2,1-2H3. The van der Waals surface area contributed by atoms with Crippen LogP contribution in [0.3, 0.4) is 0 Å². The van der Waals surface area contributed by atoms with E-state index in [9.17, 15) is 0 Å². The molecule has 0 bridgehead atoms. The second kappa shape index (κ2) is 13.8. The van der Waals surface area contributed by atoms with Crippen molar-refractivity contribution in [3.63, 3.8) is 0 Å². The molecule has 6 aromatic rings. The maximum atomic E-state index is 7.46. The van der Waals surface area contributed by atoms with Gasteiger partial charge in [-0.1, -0.05) is 136 Å². The molecule has 228 valence electrons. The highest BCUT2D eigenvalue weighted by Gasteiger charge is 2.29. The molecule has 45 heavy (non-hydrogen) atoms. The Hall–Kier alpha value is -4.19. The average Bonchev–Trinajstić information content (AvgIpc) is 3.06. The summed E-state index contributed by atoms with van der Waals surface area (Å²) in [5.74, 6) is 0.0443. The molecule has 0 amide bonds. The van der Waals surface area contributed by atoms with Gasteiger partial charge in [-0.2, -0.15) is 0 Å². The van der Waals surface area contributed by atoms with Gasteiger partial charge in [-0.05, 0) is 79.2 Å². The summed E-state index contributed by atoms with van der Waals surface area (Å²) in [5, 5.41) is 10.3. The fourth-order valence-electron chi connectivity index (χ4n) is 7.38. The Bertz CT molecular complexity index is 1730. The van der Waals surface area contributed by atoms with Crippen LogP contribution in [0.15, 0.2) is 109 Å². The summed E-state index contributed by atoms with van der Waals surface area (Å²) in [5.41, 5.74) is 9.97. The molecule has 1 atom stereocenters. The molecule has 0 spiro atoms. The lowest BCUT2D eigenvalue weighted by Gasteiger charge is -2.30. The van der Waals surface area contributed by atoms with Crippen molar-refractivity contribution in [1.82, 2.24) is 0 Å². The molecule has 2 N–H and O–H groups in total. The summed E-state index contributed by atoms with van der Waals surface area (Å²) in [4.78, 5) is 3.76. The quantitative estimate of drug-likeness (QED) is 0.0809. The number of unbranched alkanes of at least 4 members (excludes halogenated alkanes) is 6. The van der Waals surface area contributed by atoms with Gasteiger partial charge in [-0.25, -0.2) is 6.57 Å². The van der Waals surface area contributed by atoms with E-state index in [0.717, 1.165) is 25.7 Å². The third kappa shape index (κ3) is 6.75. The van der Waals surface area contributed by atoms with Crippen LogP contribution in [-0.4, -0.2) is 11.6 Å². The van der Waals surface area contributed by atoms with Crippen LogP contribution in [0.25, 0.3) is 47.9 Å². The minimum atomic E-state index is -0.211. The molecule has 1 unspecified atom stereocenters. The number of nitrogens with two attached hydrogens (primary N) is 1. The van der Waals surface area contributed by atoms with Gasteiger partial charge in [0.25, 0.3) is 0 Å². The van der Waals surface area contributed by atoms with Gasteiger partial charge in [-0.15, -0.1) is 0 Å². The van der Waals surface area contributed by atoms with Crippen molar-refractivity contribution < 1.29 is 0 Å². The summed E-state index contributed by atoms with van der Waals surface area (Å²) < 4.78 is 0. The van der Waals surface area contributed by atoms with Crippen molar-refractivity contribution >= 4 is 43.1 Å². The molecule has 2 nitrogen and oxygen atoms in total. The minimum absolute atomic E-state index is 0.0238. The fraction of sp³-hybridized carbons (Fsp3) is 0.326. The first-order chi connectivity index (χ1) is 22.0. The van der Waals surface area contributed by atoms with Gasteiger partial charge in [-0.3, -0.25) is 0 Å². The van der Waals surface area contributed by atoms with E-state index >= 15 is 0 Å². The summed E-state index contributed by atoms with van der Waals surface area (Å²) in [7, 11) is 0. The third-order valence-electron chi connectivity index (χ3n) is 9.80. The van der Waals surface area contributed by atoms with Gasteiger partial charge < -0.3 is 10.6 Å². The summed E-state index contributed by atoms with van der Waals surface area (Å²) >= 11 is 0. The largest absolute Gasteiger partial charge is 0.327 e. The third-order valence-corrected chi connectivity index (χ3v) is 9.80. The van der Waals surface area contributed by atoms with E-state index in [1.807, 2.05) is 0 Å². The molecular weight excluding hydrogens is 544 g/mol. The minimum Gasteiger partial charge on any atom is -0.327 e. The molecule has 6 rings (SSSR count). The van der Waals surface area contributed by atoms with Crippen LogP contribution in [0.1, 0.15) is 88.7 Å². The normalized spacial score (nSPS) is 12.8. The summed E-state index contributed by atoms with van der Waals surface area (Å²) in [6, 6.07) is 40.1. The van der Waals surface area contributed by atoms with Gasteiger partial charge in [0.05, 0.1) is 0 Å². The highest BCUT2D eigenvalue weighted by molar-refractivity contribution is 6.07. The molecule has 0 saturated carbocycles. The zero-order valence-electron chi connectivity index (χ0n) is 26.9. The molecular formula is C43H46N2. The van der Waals surface area contributed by atoms with Gasteiger partial charge >= 0.3 is 0 Å². The lowest BCUT2D eigenvalue weighted by atomic mass is 9.75. The molecule has 2 heteroatoms. The summed E-state index contributed by atoms with van der Waals surface area (Å²) in [6.07, 6.45) is 10.5. The average molecular weight is 591 g/mol. The van der Waals surface area contributed by atoms with E-state index in [0.29, 0.717) is 0 Å². The van der Waals surface area contributed by atoms with Crippen LogP contribution < -0.4 is 5.73 Å². The number of fused-ring (bicyclic) bond motifs is 4. The first-order valence-electron chi connectivity index (χ1n) is 16.9. The highest BCUT2D eigenvalue weighted by Crippen LogP contribution is 2.44. The van der Waals surface area contributed by atoms with Crippen LogP contribution in [0.2, 0.25) is 0 Å². The van der Waals surface area contributed by atoms with E-state index in [4.69, 9.17) is 12.3 Å². The Morgan fingerprint density at radius 1 is 0.556 bits per heavy atom. The second-order valence-corrected chi connectivity index (χ2v) is 13.5. The zero-order valence-corrected chi connectivity index (χ0v) is 26.9. The smallest absolute Gasteiger partial charge is 0.227 e. The van der Waals surface area contributed by atoms with Crippen LogP contribution in [0.5, 0.6) is 0 Å². The summed E-state index contributed by atoms with van der Waals surface area (Å²) in [6.45, 7) is 11.5. The number of benzene rings is 6. The lowest BCUT2D eigenvalue weighted by molar-refractivity contribution is 0.482. The van der Waals surface area contributed by atoms with Crippen molar-refractivity contribution in [1.29, 1.82) is 0 Å². The predicted octanol–water partition coefficient (Wildman–Crippen LogP) is 12.0. The number of hydrogen-bond acceptors (Lipinski definition) is 1. The van der Waals surface area contributed by atoms with Crippen LogP contribution in [-0.2, 0) is 0 Å². The molecule has 0 fully saturated rings. The second-order valence-electron chi connectivity index (χ2n) is 13.5. The van der Waals surface area contributed by atoms with E-state index in [1.165, 1.54) is 86.3 Å². The van der Waals surface area contributed by atoms with Crippen molar-refractivity contribution in [2.24, 2.45) is 5.73 Å². The Balaban J connectivity index is 1.34. The first kappa shape index (κ1) is 30.8. The molecule has 0 aliphatic carbocycles. The zero-order chi connectivity index (χ0) is 31.2. The van der Waals surface area contributed by atoms with Crippen molar-refractivity contribution in [2.45, 2.75) is 89.1 Å². The highest BCUT2D eigenvalue weighted by atomic mass is 14.8. The molecule has 0 heterocycles. The van der Waals surface area contributed by atoms with E-state index in [-0.39, 0.29) is 17.5 Å². The van der Waals surface area contributed by atoms with Crippen molar-refractivity contribution in [2.75, 3.05) is 0 Å². The van der Waals surface area contributed by atoms with Crippen molar-refractivity contribution in [3.05, 3.63) is 132 Å². The van der Waals surface area contributed by atoms with E-state index in [1.54, 1.807) is 0 Å². The molecule has 0 saturated heterocycles. The SMILES string of the molecule is [C-]#[N+]C(C)(C)CCCCCCCCCC(N)C(c1c2ccccc2cc2ccccc12)c1c2ccccc2cc2ccccc12. The maximum Gasteiger partial charge on any atom is 0.227 e. The topological polar surface area (TPSA) is 30.4 Å². The van der Waals surface area contributed by atoms with Gasteiger partial charge in [0.1, 0.15) is 0 Å². The number of hydrogen-bond donors (Lipinski definition) is 1. The van der Waals surface area contributed by atoms with E-state index < -0.39 is 0 Å². The Morgan fingerprint density at radius 2 is 0.911 bits per heavy atom. The fourth-order valence-corrected chi connectivity index (χ4v) is 7.38. The van der Waals surface area contributed by atoms with Gasteiger partial charge in [0, 0.05) is 32.2 Å². The Morgan fingerprint density at radius 3 is 1.31 bits per heavy atom. The molecule has 0 aliphatic rings. The van der Waals surface area contributed by atoms with Crippen LogP contribution >= 0.6 is 0 Å². The molecule has 0 aliphatic heterocycles. The lowest BCUT2D eigenvalue weighted by Crippen LogP contribution is -2.30. The molecule has 0 radical (unpaired) electrons.